The number of aryl methyl sites for hydroxylation is 2. The summed E-state index contributed by atoms with van der Waals surface area (Å²) in [5.41, 5.74) is 3.61. The number of benzene rings is 2. The van der Waals surface area contributed by atoms with Crippen LogP contribution in [0.25, 0.3) is 11.0 Å². The third-order valence-corrected chi connectivity index (χ3v) is 6.58. The Bertz CT molecular complexity index is 1430. The van der Waals surface area contributed by atoms with Gasteiger partial charge in [-0.05, 0) is 80.6 Å². The molecule has 0 spiro atoms. The first-order valence-corrected chi connectivity index (χ1v) is 12.0. The first-order chi connectivity index (χ1) is 17.3. The lowest BCUT2D eigenvalue weighted by Crippen LogP contribution is -2.49. The van der Waals surface area contributed by atoms with Gasteiger partial charge in [0.25, 0.3) is 11.8 Å². The molecule has 0 radical (unpaired) electrons. The van der Waals surface area contributed by atoms with Crippen LogP contribution >= 0.6 is 0 Å². The van der Waals surface area contributed by atoms with E-state index in [4.69, 9.17) is 9.15 Å². The molecule has 0 saturated carbocycles. The maximum absolute atomic E-state index is 12.9. The van der Waals surface area contributed by atoms with Gasteiger partial charge in [-0.3, -0.25) is 14.4 Å². The molecule has 0 bridgehead atoms. The third kappa shape index (κ3) is 4.56. The number of carbonyl (C=O) groups excluding carboxylic acids is 3. The zero-order chi connectivity index (χ0) is 25.4. The average molecular weight is 490 g/mol. The Morgan fingerprint density at radius 1 is 1.11 bits per heavy atom. The topological polar surface area (TPSA) is 118 Å². The number of nitrogens with one attached hydrogen (secondary N) is 2. The van der Waals surface area contributed by atoms with Crippen LogP contribution in [-0.4, -0.2) is 48.4 Å². The van der Waals surface area contributed by atoms with E-state index in [0.29, 0.717) is 47.7 Å². The van der Waals surface area contributed by atoms with Gasteiger partial charge >= 0.3 is 5.63 Å². The number of anilines is 1. The van der Waals surface area contributed by atoms with Crippen LogP contribution in [0.5, 0.6) is 5.75 Å². The predicted molar refractivity (Wildman–Crippen MR) is 133 cm³/mol. The fourth-order valence-corrected chi connectivity index (χ4v) is 4.78. The molecule has 1 saturated heterocycles. The Balaban J connectivity index is 1.30. The highest BCUT2D eigenvalue weighted by atomic mass is 16.5. The second kappa shape index (κ2) is 9.49. The minimum atomic E-state index is -0.827. The molecule has 1 aliphatic heterocycles. The number of fused-ring (bicyclic) bond motifs is 3. The summed E-state index contributed by atoms with van der Waals surface area (Å²) in [5.74, 6) is -0.252. The summed E-state index contributed by atoms with van der Waals surface area (Å²) in [6.07, 6.45) is 1.50. The summed E-state index contributed by atoms with van der Waals surface area (Å²) < 4.78 is 11.6. The molecule has 1 aliphatic carbocycles. The van der Waals surface area contributed by atoms with Crippen LogP contribution in [0.4, 0.5) is 5.69 Å². The van der Waals surface area contributed by atoms with Gasteiger partial charge in [0.15, 0.2) is 6.10 Å². The number of hydrogen-bond donors (Lipinski definition) is 2. The van der Waals surface area contributed by atoms with Gasteiger partial charge in [-0.25, -0.2) is 4.79 Å². The molecule has 36 heavy (non-hydrogen) atoms. The fraction of sp³-hybridized carbons (Fsp3) is 0.333. The zero-order valence-electron chi connectivity index (χ0n) is 20.2. The van der Waals surface area contributed by atoms with Crippen LogP contribution in [0.15, 0.2) is 45.6 Å². The predicted octanol–water partition coefficient (Wildman–Crippen LogP) is 2.57. The normalized spacial score (nSPS) is 15.8. The van der Waals surface area contributed by atoms with Crippen molar-refractivity contribution in [3.8, 4) is 5.75 Å². The van der Waals surface area contributed by atoms with Crippen molar-refractivity contribution in [3.63, 3.8) is 0 Å². The highest BCUT2D eigenvalue weighted by Crippen LogP contribution is 2.35. The van der Waals surface area contributed by atoms with Crippen molar-refractivity contribution in [2.45, 2.75) is 39.2 Å². The fourth-order valence-electron chi connectivity index (χ4n) is 4.78. The van der Waals surface area contributed by atoms with Gasteiger partial charge in [0.05, 0.1) is 11.9 Å². The summed E-state index contributed by atoms with van der Waals surface area (Å²) in [7, 11) is 0. The lowest BCUT2D eigenvalue weighted by atomic mass is 10.0. The number of hydrogen-bond acceptors (Lipinski definition) is 6. The van der Waals surface area contributed by atoms with E-state index in [-0.39, 0.29) is 29.9 Å². The van der Waals surface area contributed by atoms with Crippen molar-refractivity contribution in [3.05, 3.63) is 69.1 Å². The lowest BCUT2D eigenvalue weighted by molar-refractivity contribution is -0.123. The lowest BCUT2D eigenvalue weighted by Gasteiger charge is -2.26. The van der Waals surface area contributed by atoms with Gasteiger partial charge in [0.1, 0.15) is 11.3 Å². The summed E-state index contributed by atoms with van der Waals surface area (Å²) in [6.45, 7) is 4.46. The number of piperazine rings is 1. The monoisotopic (exact) mass is 489 g/mol. The van der Waals surface area contributed by atoms with Gasteiger partial charge < -0.3 is 24.7 Å². The maximum atomic E-state index is 12.9. The second-order valence-corrected chi connectivity index (χ2v) is 9.24. The van der Waals surface area contributed by atoms with Gasteiger partial charge in [0, 0.05) is 29.9 Å². The Labute approximate surface area is 207 Å². The van der Waals surface area contributed by atoms with Crippen LogP contribution in [0, 0.1) is 6.92 Å². The molecule has 2 aliphatic rings. The molecular formula is C27H27N3O6. The summed E-state index contributed by atoms with van der Waals surface area (Å²) >= 11 is 0. The molecule has 2 N–H and O–H groups in total. The minimum Gasteiger partial charge on any atom is -0.480 e. The van der Waals surface area contributed by atoms with Crippen molar-refractivity contribution in [2.75, 3.05) is 25.0 Å². The molecule has 5 rings (SSSR count). The molecule has 3 aromatic rings. The number of amides is 3. The highest BCUT2D eigenvalue weighted by Gasteiger charge is 2.25. The Morgan fingerprint density at radius 2 is 1.86 bits per heavy atom. The highest BCUT2D eigenvalue weighted by molar-refractivity contribution is 5.98. The maximum Gasteiger partial charge on any atom is 0.339 e. The molecule has 2 heterocycles. The van der Waals surface area contributed by atoms with Crippen molar-refractivity contribution in [1.82, 2.24) is 10.2 Å². The van der Waals surface area contributed by atoms with Crippen LogP contribution in [-0.2, 0) is 22.4 Å². The molecule has 1 atom stereocenters. The second-order valence-electron chi connectivity index (χ2n) is 9.24. The minimum absolute atomic E-state index is 0.0342. The SMILES string of the molecule is Cc1cc(OC(C)C(=O)Nc2ccc(C(=O)N3CCNC(=O)C3)cc2)c2c3c(c(=O)oc2c1)CCC3. The Hall–Kier alpha value is -4.14. The summed E-state index contributed by atoms with van der Waals surface area (Å²) in [5, 5.41) is 6.26. The van der Waals surface area contributed by atoms with Gasteiger partial charge in [0.2, 0.25) is 5.91 Å². The number of rotatable bonds is 5. The molecule has 2 aromatic carbocycles. The Kier molecular flexibility index (Phi) is 6.22. The van der Waals surface area contributed by atoms with Crippen molar-refractivity contribution < 1.29 is 23.5 Å². The van der Waals surface area contributed by atoms with Gasteiger partial charge in [-0.15, -0.1) is 0 Å². The van der Waals surface area contributed by atoms with E-state index in [9.17, 15) is 19.2 Å². The first kappa shape index (κ1) is 23.6. The average Bonchev–Trinajstić information content (AvgIpc) is 3.34. The van der Waals surface area contributed by atoms with Crippen molar-refractivity contribution >= 4 is 34.4 Å². The number of nitrogens with zero attached hydrogens (tertiary/aromatic N) is 1. The molecule has 9 nitrogen and oxygen atoms in total. The van der Waals surface area contributed by atoms with E-state index >= 15 is 0 Å². The first-order valence-electron chi connectivity index (χ1n) is 12.0. The van der Waals surface area contributed by atoms with Crippen molar-refractivity contribution in [2.24, 2.45) is 0 Å². The van der Waals surface area contributed by atoms with E-state index in [1.165, 1.54) is 4.90 Å². The molecule has 9 heteroatoms. The molecule has 1 fully saturated rings. The van der Waals surface area contributed by atoms with E-state index in [1.807, 2.05) is 19.1 Å². The zero-order valence-corrected chi connectivity index (χ0v) is 20.2. The van der Waals surface area contributed by atoms with Crippen LogP contribution < -0.4 is 21.0 Å². The van der Waals surface area contributed by atoms with E-state index in [1.54, 1.807) is 31.2 Å². The molecule has 186 valence electrons. The third-order valence-electron chi connectivity index (χ3n) is 6.58. The van der Waals surface area contributed by atoms with Crippen LogP contribution in [0.3, 0.4) is 0 Å². The molecule has 1 aromatic heterocycles. The van der Waals surface area contributed by atoms with Crippen LogP contribution in [0.2, 0.25) is 0 Å². The van der Waals surface area contributed by atoms with E-state index in [0.717, 1.165) is 29.4 Å². The molecular weight excluding hydrogens is 462 g/mol. The van der Waals surface area contributed by atoms with E-state index < -0.39 is 6.10 Å². The standard InChI is InChI=1S/C27H27N3O6/c1-15-12-21(24-19-4-3-5-20(19)27(34)36-22(24)13-15)35-16(2)25(32)29-18-8-6-17(7-9-18)26(33)30-11-10-28-23(31)14-30/h6-9,12-13,16H,3-5,10-11,14H2,1-2H3,(H,28,31)(H,29,32). The quantitative estimate of drug-likeness (QED) is 0.532. The number of ether oxygens (including phenoxy) is 1. The van der Waals surface area contributed by atoms with Crippen molar-refractivity contribution in [1.29, 1.82) is 0 Å². The van der Waals surface area contributed by atoms with Crippen LogP contribution in [0.1, 0.15) is 40.4 Å². The summed E-state index contributed by atoms with van der Waals surface area (Å²) in [6, 6.07) is 10.2. The van der Waals surface area contributed by atoms with E-state index in [2.05, 4.69) is 10.6 Å². The Morgan fingerprint density at radius 3 is 2.61 bits per heavy atom. The molecule has 3 amide bonds. The van der Waals surface area contributed by atoms with Gasteiger partial charge in [-0.2, -0.15) is 0 Å². The molecule has 1 unspecified atom stereocenters. The smallest absolute Gasteiger partial charge is 0.339 e. The van der Waals surface area contributed by atoms with Gasteiger partial charge in [-0.1, -0.05) is 0 Å². The summed E-state index contributed by atoms with van der Waals surface area (Å²) in [4.78, 5) is 50.9. The number of carbonyl (C=O) groups is 3. The largest absolute Gasteiger partial charge is 0.480 e.